The molecule has 0 unspecified atom stereocenters. The van der Waals surface area contributed by atoms with E-state index in [1.54, 1.807) is 0 Å². The zero-order valence-electron chi connectivity index (χ0n) is 11.6. The van der Waals surface area contributed by atoms with Crippen LogP contribution in [0.15, 0.2) is 42.5 Å². The summed E-state index contributed by atoms with van der Waals surface area (Å²) in [5.74, 6) is 0. The third-order valence-electron chi connectivity index (χ3n) is 3.08. The van der Waals surface area contributed by atoms with E-state index >= 15 is 0 Å². The van der Waals surface area contributed by atoms with Crippen LogP contribution in [0.1, 0.15) is 38.1 Å². The smallest absolute Gasteiger partial charge is 0.0714 e. The zero-order chi connectivity index (χ0) is 13.8. The van der Waals surface area contributed by atoms with Gasteiger partial charge in [-0.15, -0.1) is 0 Å². The summed E-state index contributed by atoms with van der Waals surface area (Å²) in [5.41, 5.74) is 5.25. The van der Waals surface area contributed by atoms with Gasteiger partial charge in [-0.2, -0.15) is 0 Å². The second-order valence-electron chi connectivity index (χ2n) is 4.29. The second kappa shape index (κ2) is 7.01. The van der Waals surface area contributed by atoms with Gasteiger partial charge in [0.05, 0.1) is 12.1 Å². The molecule has 0 bridgehead atoms. The van der Waals surface area contributed by atoms with E-state index in [9.17, 15) is 5.11 Å². The van der Waals surface area contributed by atoms with Crippen molar-refractivity contribution in [2.45, 2.75) is 34.8 Å². The molecule has 1 aliphatic rings. The summed E-state index contributed by atoms with van der Waals surface area (Å²) >= 11 is 0. The van der Waals surface area contributed by atoms with Crippen LogP contribution in [0.5, 0.6) is 0 Å². The molecule has 2 nitrogen and oxygen atoms in total. The average molecular weight is 269 g/mol. The van der Waals surface area contributed by atoms with Crippen molar-refractivity contribution in [3.05, 3.63) is 59.3 Å². The van der Waals surface area contributed by atoms with Gasteiger partial charge < -0.3 is 5.11 Å². The van der Waals surface area contributed by atoms with Crippen molar-refractivity contribution in [1.29, 1.82) is 0 Å². The lowest BCUT2D eigenvalue weighted by Crippen LogP contribution is -1.94. The number of benzene rings is 1. The highest BCUT2D eigenvalue weighted by Gasteiger charge is 2.07. The van der Waals surface area contributed by atoms with E-state index in [2.05, 4.69) is 29.3 Å². The fraction of sp³-hybridized carbons (Fsp3) is 0.278. The van der Waals surface area contributed by atoms with E-state index in [1.165, 1.54) is 11.1 Å². The minimum Gasteiger partial charge on any atom is -0.392 e. The summed E-state index contributed by atoms with van der Waals surface area (Å²) < 4.78 is 0. The Kier molecular flexibility index (Phi) is 5.66. The molecule has 0 amide bonds. The number of aromatic nitrogens is 1. The number of pyridine rings is 1. The van der Waals surface area contributed by atoms with Gasteiger partial charge in [-0.25, -0.2) is 0 Å². The first kappa shape index (κ1) is 16.1. The number of aliphatic hydroxyl groups is 1. The van der Waals surface area contributed by atoms with Crippen molar-refractivity contribution in [3.8, 4) is 0 Å². The summed E-state index contributed by atoms with van der Waals surface area (Å²) in [4.78, 5) is 4.52. The molecular weight excluding hydrogens is 246 g/mol. The van der Waals surface area contributed by atoms with Gasteiger partial charge in [0.15, 0.2) is 0 Å². The maximum Gasteiger partial charge on any atom is 0.0714 e. The van der Waals surface area contributed by atoms with Gasteiger partial charge in [0.2, 0.25) is 0 Å². The van der Waals surface area contributed by atoms with E-state index in [0.29, 0.717) is 0 Å². The standard InChI is InChI=1S/C15H13NO.C2H6.CH4/c1-10-7-13(9-17)14-6-5-12(8-15(14)16-10)11-3-2-4-11;1-2;/h2-8,17H,9H2,1H3;1-2H3;1H4. The molecule has 0 radical (unpaired) electrons. The van der Waals surface area contributed by atoms with Gasteiger partial charge in [0, 0.05) is 11.1 Å². The van der Waals surface area contributed by atoms with Crippen molar-refractivity contribution in [2.75, 3.05) is 0 Å². The monoisotopic (exact) mass is 269 g/mol. The molecule has 0 spiro atoms. The van der Waals surface area contributed by atoms with E-state index < -0.39 is 0 Å². The predicted molar refractivity (Wildman–Crippen MR) is 87.6 cm³/mol. The highest BCUT2D eigenvalue weighted by Crippen LogP contribution is 2.26. The first-order valence-corrected chi connectivity index (χ1v) is 6.68. The van der Waals surface area contributed by atoms with E-state index in [4.69, 9.17) is 0 Å². The Balaban J connectivity index is 0.000000639. The number of nitrogens with zero attached hydrogens (tertiary/aromatic N) is 1. The number of aryl methyl sites for hydroxylation is 1. The van der Waals surface area contributed by atoms with Crippen molar-refractivity contribution < 1.29 is 5.11 Å². The third-order valence-corrected chi connectivity index (χ3v) is 3.08. The first-order chi connectivity index (χ1) is 9.28. The summed E-state index contributed by atoms with van der Waals surface area (Å²) in [6.45, 7) is 6.01. The molecule has 0 fully saturated rings. The third kappa shape index (κ3) is 2.97. The first-order valence-electron chi connectivity index (χ1n) is 6.68. The number of allylic oxidation sites excluding steroid dienone is 4. The molecule has 0 saturated carbocycles. The van der Waals surface area contributed by atoms with Crippen LogP contribution >= 0.6 is 0 Å². The number of rotatable bonds is 2. The minimum atomic E-state index is 0. The van der Waals surface area contributed by atoms with Crippen molar-refractivity contribution in [3.63, 3.8) is 0 Å². The fourth-order valence-corrected chi connectivity index (χ4v) is 2.14. The van der Waals surface area contributed by atoms with Gasteiger partial charge >= 0.3 is 0 Å². The molecule has 3 rings (SSSR count). The topological polar surface area (TPSA) is 33.1 Å². The van der Waals surface area contributed by atoms with Crippen LogP contribution in [0.25, 0.3) is 16.5 Å². The molecule has 0 aliphatic heterocycles. The number of hydrogen-bond acceptors (Lipinski definition) is 2. The number of aliphatic hydroxyl groups excluding tert-OH is 1. The predicted octanol–water partition coefficient (Wildman–Crippen LogP) is 4.65. The van der Waals surface area contributed by atoms with Crippen molar-refractivity contribution >= 4 is 16.5 Å². The Morgan fingerprint density at radius 2 is 1.85 bits per heavy atom. The Labute approximate surface area is 121 Å². The number of fused-ring (bicyclic) bond motifs is 1. The fourth-order valence-electron chi connectivity index (χ4n) is 2.14. The second-order valence-corrected chi connectivity index (χ2v) is 4.29. The van der Waals surface area contributed by atoms with Gasteiger partial charge in [-0.3, -0.25) is 4.98 Å². The maximum atomic E-state index is 9.35. The Bertz CT molecular complexity index is 654. The summed E-state index contributed by atoms with van der Waals surface area (Å²) in [7, 11) is 0. The Morgan fingerprint density at radius 1 is 1.15 bits per heavy atom. The molecule has 2 heteroatoms. The van der Waals surface area contributed by atoms with Crippen LogP contribution in [-0.4, -0.2) is 10.1 Å². The molecule has 1 N–H and O–H groups in total. The Hall–Kier alpha value is -1.93. The molecule has 0 saturated heterocycles. The Morgan fingerprint density at radius 3 is 2.40 bits per heavy atom. The molecule has 106 valence electrons. The molecule has 1 aromatic heterocycles. The largest absolute Gasteiger partial charge is 0.392 e. The molecular formula is C18H23NO. The quantitative estimate of drug-likeness (QED) is 0.860. The summed E-state index contributed by atoms with van der Waals surface area (Å²) in [6.07, 6.45) is 6.20. The maximum absolute atomic E-state index is 9.35. The summed E-state index contributed by atoms with van der Waals surface area (Å²) in [6, 6.07) is 8.13. The van der Waals surface area contributed by atoms with Crippen LogP contribution in [0.4, 0.5) is 0 Å². The lowest BCUT2D eigenvalue weighted by molar-refractivity contribution is 0.283. The van der Waals surface area contributed by atoms with Gasteiger partial charge in [0.25, 0.3) is 0 Å². The SMILES string of the molecule is C.CC.Cc1cc(CO)c2ccc(C3=CC=C3)cc2n1. The molecule has 1 aromatic carbocycles. The lowest BCUT2D eigenvalue weighted by atomic mass is 9.97. The minimum absolute atomic E-state index is 0. The van der Waals surface area contributed by atoms with E-state index in [-0.39, 0.29) is 14.0 Å². The van der Waals surface area contributed by atoms with Crippen LogP contribution < -0.4 is 0 Å². The van der Waals surface area contributed by atoms with Crippen LogP contribution in [0.3, 0.4) is 0 Å². The van der Waals surface area contributed by atoms with Gasteiger partial charge in [-0.05, 0) is 35.8 Å². The van der Waals surface area contributed by atoms with E-state index in [1.807, 2.05) is 39.0 Å². The zero-order valence-corrected chi connectivity index (χ0v) is 11.6. The van der Waals surface area contributed by atoms with E-state index in [0.717, 1.165) is 22.2 Å². The highest BCUT2D eigenvalue weighted by atomic mass is 16.3. The molecule has 20 heavy (non-hydrogen) atoms. The van der Waals surface area contributed by atoms with Crippen LogP contribution in [0, 0.1) is 6.92 Å². The van der Waals surface area contributed by atoms with Crippen molar-refractivity contribution in [2.24, 2.45) is 0 Å². The molecule has 0 atom stereocenters. The highest BCUT2D eigenvalue weighted by molar-refractivity contribution is 5.89. The van der Waals surface area contributed by atoms with Crippen LogP contribution in [-0.2, 0) is 6.61 Å². The summed E-state index contributed by atoms with van der Waals surface area (Å²) in [5, 5.41) is 10.4. The van der Waals surface area contributed by atoms with Crippen molar-refractivity contribution in [1.82, 2.24) is 4.98 Å². The van der Waals surface area contributed by atoms with Gasteiger partial charge in [0.1, 0.15) is 0 Å². The molecule has 1 heterocycles. The molecule has 1 aliphatic carbocycles. The molecule has 2 aromatic rings. The number of hydrogen-bond donors (Lipinski definition) is 1. The van der Waals surface area contributed by atoms with Gasteiger partial charge in [-0.1, -0.05) is 51.6 Å². The normalized spacial score (nSPS) is 11.9. The van der Waals surface area contributed by atoms with Crippen LogP contribution in [0.2, 0.25) is 0 Å². The average Bonchev–Trinajstić information content (AvgIpc) is 2.37. The lowest BCUT2D eigenvalue weighted by Gasteiger charge is -2.10.